The van der Waals surface area contributed by atoms with E-state index in [1.807, 2.05) is 0 Å². The fourth-order valence-electron chi connectivity index (χ4n) is 4.97. The maximum absolute atomic E-state index is 13.5. The largest absolute Gasteiger partial charge is 0.456 e. The SMILES string of the molecule is CC1CCC(C(=O)N2c3cc4c(cc3C(=O)OC2C)oc2cccc(S(C)(=O)=O)c24)CC1. The molecule has 32 heavy (non-hydrogen) atoms. The molecule has 1 fully saturated rings. The number of anilines is 1. The third-order valence-electron chi connectivity index (χ3n) is 6.70. The average molecular weight is 456 g/mol. The second-order valence-electron chi connectivity index (χ2n) is 9.04. The van der Waals surface area contributed by atoms with Gasteiger partial charge in [0.2, 0.25) is 5.91 Å². The summed E-state index contributed by atoms with van der Waals surface area (Å²) in [4.78, 5) is 27.9. The van der Waals surface area contributed by atoms with Crippen molar-refractivity contribution in [2.24, 2.45) is 11.8 Å². The van der Waals surface area contributed by atoms with Crippen LogP contribution in [0.25, 0.3) is 21.9 Å². The lowest BCUT2D eigenvalue weighted by Gasteiger charge is -2.37. The van der Waals surface area contributed by atoms with Crippen LogP contribution in [0.4, 0.5) is 5.69 Å². The first-order valence-electron chi connectivity index (χ1n) is 10.9. The molecule has 3 aromatic rings. The molecular weight excluding hydrogens is 430 g/mol. The molecule has 5 rings (SSSR count). The van der Waals surface area contributed by atoms with Gasteiger partial charge in [0.05, 0.1) is 16.1 Å². The van der Waals surface area contributed by atoms with E-state index in [4.69, 9.17) is 9.15 Å². The highest BCUT2D eigenvalue weighted by Gasteiger charge is 2.39. The van der Waals surface area contributed by atoms with Crippen LogP contribution >= 0.6 is 0 Å². The highest BCUT2D eigenvalue weighted by Crippen LogP contribution is 2.41. The number of hydrogen-bond donors (Lipinski definition) is 0. The standard InChI is InChI=1S/C24H25NO6S/c1-13-7-9-15(10-8-13)23(26)25-14(2)30-24(27)16-12-20-17(11-18(16)25)22-19(31-20)5-4-6-21(22)32(3,28)29/h4-6,11-15H,7-10H2,1-3H3. The first kappa shape index (κ1) is 21.0. The molecule has 168 valence electrons. The average Bonchev–Trinajstić information content (AvgIpc) is 3.10. The minimum atomic E-state index is -3.52. The number of fused-ring (bicyclic) bond motifs is 4. The van der Waals surface area contributed by atoms with Crippen LogP contribution in [0.15, 0.2) is 39.6 Å². The van der Waals surface area contributed by atoms with Gasteiger partial charge in [-0.25, -0.2) is 13.2 Å². The summed E-state index contributed by atoms with van der Waals surface area (Å²) < 4.78 is 36.2. The minimum absolute atomic E-state index is 0.0614. The summed E-state index contributed by atoms with van der Waals surface area (Å²) >= 11 is 0. The van der Waals surface area contributed by atoms with Gasteiger partial charge in [-0.15, -0.1) is 0 Å². The van der Waals surface area contributed by atoms with E-state index in [0.717, 1.165) is 31.9 Å². The Morgan fingerprint density at radius 1 is 1.06 bits per heavy atom. The van der Waals surface area contributed by atoms with Gasteiger partial charge in [-0.1, -0.05) is 13.0 Å². The van der Waals surface area contributed by atoms with Crippen LogP contribution in [0.5, 0.6) is 0 Å². The monoisotopic (exact) mass is 455 g/mol. The molecule has 1 saturated carbocycles. The predicted molar refractivity (Wildman–Crippen MR) is 120 cm³/mol. The zero-order valence-corrected chi connectivity index (χ0v) is 19.1. The number of furan rings is 1. The second-order valence-corrected chi connectivity index (χ2v) is 11.0. The minimum Gasteiger partial charge on any atom is -0.456 e. The van der Waals surface area contributed by atoms with Gasteiger partial charge in [0.15, 0.2) is 16.1 Å². The zero-order chi connectivity index (χ0) is 22.8. The first-order chi connectivity index (χ1) is 15.1. The molecule has 2 aromatic carbocycles. The molecular formula is C24H25NO6S. The molecule has 8 heteroatoms. The lowest BCUT2D eigenvalue weighted by atomic mass is 9.82. The number of esters is 1. The van der Waals surface area contributed by atoms with Crippen LogP contribution in [0.3, 0.4) is 0 Å². The summed E-state index contributed by atoms with van der Waals surface area (Å²) in [5, 5.41) is 1.01. The van der Waals surface area contributed by atoms with Crippen molar-refractivity contribution in [2.75, 3.05) is 11.2 Å². The second kappa shape index (κ2) is 7.33. The van der Waals surface area contributed by atoms with E-state index in [1.54, 1.807) is 36.1 Å². The third kappa shape index (κ3) is 3.28. The van der Waals surface area contributed by atoms with Crippen molar-refractivity contribution in [3.05, 3.63) is 35.9 Å². The van der Waals surface area contributed by atoms with Crippen LogP contribution in [0.2, 0.25) is 0 Å². The highest BCUT2D eigenvalue weighted by molar-refractivity contribution is 7.91. The Hall–Kier alpha value is -2.87. The van der Waals surface area contributed by atoms with Crippen molar-refractivity contribution in [1.82, 2.24) is 0 Å². The van der Waals surface area contributed by atoms with Crippen molar-refractivity contribution >= 4 is 49.3 Å². The number of nitrogens with zero attached hydrogens (tertiary/aromatic N) is 1. The Kier molecular flexibility index (Phi) is 4.81. The van der Waals surface area contributed by atoms with Crippen molar-refractivity contribution < 1.29 is 27.2 Å². The molecule has 1 aromatic heterocycles. The fourth-order valence-corrected chi connectivity index (χ4v) is 5.88. The van der Waals surface area contributed by atoms with Gasteiger partial charge in [0.1, 0.15) is 11.2 Å². The Bertz CT molecular complexity index is 1360. The Balaban J connectivity index is 1.71. The van der Waals surface area contributed by atoms with Crippen LogP contribution in [0.1, 0.15) is 49.9 Å². The number of ether oxygens (including phenoxy) is 1. The molecule has 1 amide bonds. The first-order valence-corrected chi connectivity index (χ1v) is 12.8. The summed E-state index contributed by atoms with van der Waals surface area (Å²) in [7, 11) is -3.52. The highest BCUT2D eigenvalue weighted by atomic mass is 32.2. The van der Waals surface area contributed by atoms with Gasteiger partial charge >= 0.3 is 5.97 Å². The molecule has 0 N–H and O–H groups in total. The van der Waals surface area contributed by atoms with Gasteiger partial charge in [-0.2, -0.15) is 0 Å². The Morgan fingerprint density at radius 3 is 2.47 bits per heavy atom. The number of benzene rings is 2. The number of cyclic esters (lactones) is 1. The third-order valence-corrected chi connectivity index (χ3v) is 7.84. The van der Waals surface area contributed by atoms with E-state index in [-0.39, 0.29) is 22.3 Å². The normalized spacial score (nSPS) is 23.9. The quantitative estimate of drug-likeness (QED) is 0.522. The summed E-state index contributed by atoms with van der Waals surface area (Å²) in [6, 6.07) is 8.10. The van der Waals surface area contributed by atoms with Crippen LogP contribution < -0.4 is 4.90 Å². The number of rotatable bonds is 2. The van der Waals surface area contributed by atoms with Crippen LogP contribution in [-0.2, 0) is 19.4 Å². The van der Waals surface area contributed by atoms with Gasteiger partial charge in [0, 0.05) is 22.9 Å². The molecule has 1 atom stereocenters. The molecule has 1 aliphatic carbocycles. The lowest BCUT2D eigenvalue weighted by molar-refractivity contribution is -0.125. The topological polar surface area (TPSA) is 93.9 Å². The molecule has 7 nitrogen and oxygen atoms in total. The number of sulfone groups is 1. The van der Waals surface area contributed by atoms with Crippen LogP contribution in [0, 0.1) is 11.8 Å². The maximum Gasteiger partial charge on any atom is 0.342 e. The van der Waals surface area contributed by atoms with E-state index in [9.17, 15) is 18.0 Å². The molecule has 0 spiro atoms. The van der Waals surface area contributed by atoms with Gasteiger partial charge < -0.3 is 9.15 Å². The summed E-state index contributed by atoms with van der Waals surface area (Å²) in [6.45, 7) is 3.88. The molecule has 2 heterocycles. The molecule has 0 radical (unpaired) electrons. The van der Waals surface area contributed by atoms with E-state index >= 15 is 0 Å². The summed E-state index contributed by atoms with van der Waals surface area (Å²) in [5.74, 6) is -0.107. The maximum atomic E-state index is 13.5. The van der Waals surface area contributed by atoms with Crippen molar-refractivity contribution in [1.29, 1.82) is 0 Å². The lowest BCUT2D eigenvalue weighted by Crippen LogP contribution is -2.48. The molecule has 1 aliphatic heterocycles. The summed E-state index contributed by atoms with van der Waals surface area (Å²) in [5.41, 5.74) is 1.47. The van der Waals surface area contributed by atoms with E-state index < -0.39 is 22.0 Å². The Morgan fingerprint density at radius 2 is 1.78 bits per heavy atom. The number of amides is 1. The van der Waals surface area contributed by atoms with E-state index in [1.165, 1.54) is 6.07 Å². The molecule has 0 saturated heterocycles. The van der Waals surface area contributed by atoms with E-state index in [2.05, 4.69) is 6.92 Å². The number of carbonyl (C=O) groups is 2. The van der Waals surface area contributed by atoms with E-state index in [0.29, 0.717) is 33.5 Å². The van der Waals surface area contributed by atoms with Crippen LogP contribution in [-0.4, -0.2) is 32.8 Å². The summed E-state index contributed by atoms with van der Waals surface area (Å²) in [6.07, 6.45) is 4.01. The van der Waals surface area contributed by atoms with Crippen molar-refractivity contribution in [2.45, 2.75) is 50.7 Å². The zero-order valence-electron chi connectivity index (χ0n) is 18.3. The van der Waals surface area contributed by atoms with Gasteiger partial charge in [-0.3, -0.25) is 9.69 Å². The van der Waals surface area contributed by atoms with Crippen molar-refractivity contribution in [3.8, 4) is 0 Å². The Labute approximate surface area is 186 Å². The predicted octanol–water partition coefficient (Wildman–Crippen LogP) is 4.67. The van der Waals surface area contributed by atoms with Gasteiger partial charge in [0.25, 0.3) is 0 Å². The fraction of sp³-hybridized carbons (Fsp3) is 0.417. The van der Waals surface area contributed by atoms with Gasteiger partial charge in [-0.05, 0) is 62.8 Å². The molecule has 1 unspecified atom stereocenters. The molecule has 2 aliphatic rings. The number of carbonyl (C=O) groups excluding carboxylic acids is 2. The molecule has 0 bridgehead atoms. The van der Waals surface area contributed by atoms with Crippen molar-refractivity contribution in [3.63, 3.8) is 0 Å². The number of hydrogen-bond acceptors (Lipinski definition) is 6. The smallest absolute Gasteiger partial charge is 0.342 e.